The molecular weight excluding hydrogens is 324 g/mol. The van der Waals surface area contributed by atoms with E-state index >= 15 is 0 Å². The highest BCUT2D eigenvalue weighted by Crippen LogP contribution is 2.33. The van der Waals surface area contributed by atoms with Crippen LogP contribution in [0, 0.1) is 0 Å². The second-order valence-corrected chi connectivity index (χ2v) is 7.70. The molecule has 0 radical (unpaired) electrons. The lowest BCUT2D eigenvalue weighted by Crippen LogP contribution is -2.42. The molecule has 0 bridgehead atoms. The monoisotopic (exact) mass is 346 g/mol. The fourth-order valence-electron chi connectivity index (χ4n) is 2.92. The molecule has 2 saturated heterocycles. The smallest absolute Gasteiger partial charge is 0.267 e. The second-order valence-electron chi connectivity index (χ2n) is 6.02. The summed E-state index contributed by atoms with van der Waals surface area (Å²) in [6.07, 6.45) is 6.71. The van der Waals surface area contributed by atoms with E-state index in [1.807, 2.05) is 6.08 Å². The molecule has 0 saturated carbocycles. The first kappa shape index (κ1) is 16.7. The zero-order valence-electron chi connectivity index (χ0n) is 13.5. The molecule has 0 spiro atoms. The normalized spacial score (nSPS) is 21.4. The Balaban J connectivity index is 1.70. The number of carbonyl (C=O) groups is 1. The first-order valence-electron chi connectivity index (χ1n) is 8.24. The van der Waals surface area contributed by atoms with Crippen LogP contribution in [-0.4, -0.2) is 39.8 Å². The van der Waals surface area contributed by atoms with Crippen molar-refractivity contribution in [1.29, 1.82) is 0 Å². The third-order valence-electron chi connectivity index (χ3n) is 4.35. The van der Waals surface area contributed by atoms with Gasteiger partial charge in [-0.25, -0.2) is 0 Å². The van der Waals surface area contributed by atoms with Crippen molar-refractivity contribution in [2.75, 3.05) is 19.8 Å². The van der Waals surface area contributed by atoms with E-state index < -0.39 is 0 Å². The Morgan fingerprint density at radius 1 is 1.17 bits per heavy atom. The van der Waals surface area contributed by atoms with Crippen molar-refractivity contribution in [2.45, 2.75) is 32.6 Å². The van der Waals surface area contributed by atoms with Crippen LogP contribution in [0.3, 0.4) is 0 Å². The number of carbonyl (C=O) groups excluding carboxylic acids is 1. The van der Waals surface area contributed by atoms with Crippen LogP contribution in [0.15, 0.2) is 29.2 Å². The highest BCUT2D eigenvalue weighted by molar-refractivity contribution is 8.26. The number of piperidine rings is 1. The molecule has 23 heavy (non-hydrogen) atoms. The molecule has 0 N–H and O–H groups in total. The molecule has 2 aliphatic rings. The van der Waals surface area contributed by atoms with E-state index in [-0.39, 0.29) is 5.91 Å². The van der Waals surface area contributed by atoms with Crippen LogP contribution in [-0.2, 0) is 11.2 Å². The largest absolute Gasteiger partial charge is 0.286 e. The molecule has 0 aromatic heterocycles. The minimum absolute atomic E-state index is 0.0464. The van der Waals surface area contributed by atoms with E-state index in [9.17, 15) is 4.79 Å². The summed E-state index contributed by atoms with van der Waals surface area (Å²) in [6.45, 7) is 4.90. The molecule has 3 nitrogen and oxygen atoms in total. The lowest BCUT2D eigenvalue weighted by Gasteiger charge is -2.29. The number of nitrogens with zero attached hydrogens (tertiary/aromatic N) is 2. The van der Waals surface area contributed by atoms with Gasteiger partial charge in [-0.1, -0.05) is 61.6 Å². The van der Waals surface area contributed by atoms with Gasteiger partial charge in [0.25, 0.3) is 5.91 Å². The number of thiocarbonyl (C=S) groups is 1. The fraction of sp³-hybridized carbons (Fsp3) is 0.444. The van der Waals surface area contributed by atoms with Gasteiger partial charge in [0.15, 0.2) is 0 Å². The van der Waals surface area contributed by atoms with Crippen molar-refractivity contribution in [1.82, 2.24) is 9.80 Å². The van der Waals surface area contributed by atoms with E-state index in [1.54, 1.807) is 4.90 Å². The number of benzene rings is 1. The lowest BCUT2D eigenvalue weighted by atomic mass is 10.1. The Labute approximate surface area is 147 Å². The molecule has 0 atom stereocenters. The summed E-state index contributed by atoms with van der Waals surface area (Å²) < 4.78 is 0.678. The third kappa shape index (κ3) is 4.03. The number of rotatable bonds is 4. The minimum Gasteiger partial charge on any atom is -0.286 e. The molecule has 1 aromatic carbocycles. The predicted molar refractivity (Wildman–Crippen MR) is 101 cm³/mol. The van der Waals surface area contributed by atoms with Crippen molar-refractivity contribution in [3.63, 3.8) is 0 Å². The molecule has 0 aliphatic carbocycles. The Morgan fingerprint density at radius 2 is 1.87 bits per heavy atom. The molecule has 2 heterocycles. The zero-order valence-corrected chi connectivity index (χ0v) is 15.1. The summed E-state index contributed by atoms with van der Waals surface area (Å²) in [4.78, 5) is 17.4. The Kier molecular flexibility index (Phi) is 5.51. The van der Waals surface area contributed by atoms with Crippen LogP contribution in [0.2, 0.25) is 0 Å². The highest BCUT2D eigenvalue weighted by Gasteiger charge is 2.33. The van der Waals surface area contributed by atoms with E-state index in [0.29, 0.717) is 11.0 Å². The van der Waals surface area contributed by atoms with Crippen LogP contribution in [0.5, 0.6) is 0 Å². The summed E-state index contributed by atoms with van der Waals surface area (Å²) in [6, 6.07) is 8.35. The first-order valence-corrected chi connectivity index (χ1v) is 9.46. The maximum Gasteiger partial charge on any atom is 0.267 e. The Morgan fingerprint density at radius 3 is 2.52 bits per heavy atom. The number of hydrogen-bond acceptors (Lipinski definition) is 4. The summed E-state index contributed by atoms with van der Waals surface area (Å²) in [5.41, 5.74) is 2.36. The van der Waals surface area contributed by atoms with Gasteiger partial charge >= 0.3 is 0 Å². The number of aryl methyl sites for hydroxylation is 1. The van der Waals surface area contributed by atoms with Gasteiger partial charge in [0.1, 0.15) is 4.32 Å². The van der Waals surface area contributed by atoms with Crippen LogP contribution >= 0.6 is 24.0 Å². The number of thioether (sulfide) groups is 1. The van der Waals surface area contributed by atoms with Gasteiger partial charge in [0, 0.05) is 0 Å². The number of likely N-dealkylation sites (tertiary alicyclic amines) is 1. The van der Waals surface area contributed by atoms with Crippen molar-refractivity contribution < 1.29 is 4.79 Å². The minimum atomic E-state index is 0.0464. The quantitative estimate of drug-likeness (QED) is 0.609. The van der Waals surface area contributed by atoms with Crippen LogP contribution in [0.1, 0.15) is 37.3 Å². The van der Waals surface area contributed by atoms with Crippen LogP contribution in [0.4, 0.5) is 0 Å². The fourth-order valence-corrected chi connectivity index (χ4v) is 4.17. The van der Waals surface area contributed by atoms with E-state index in [2.05, 4.69) is 36.1 Å². The predicted octanol–water partition coefficient (Wildman–Crippen LogP) is 3.89. The SMILES string of the molecule is CCc1ccc(/C=C2\SC(=S)N(CN3CCCCC3)C2=O)cc1. The van der Waals surface area contributed by atoms with E-state index in [0.717, 1.165) is 30.0 Å². The zero-order chi connectivity index (χ0) is 16.2. The average Bonchev–Trinajstić information content (AvgIpc) is 2.84. The topological polar surface area (TPSA) is 23.6 Å². The maximum atomic E-state index is 12.6. The molecule has 5 heteroatoms. The van der Waals surface area contributed by atoms with Gasteiger partial charge in [0.2, 0.25) is 0 Å². The molecule has 2 fully saturated rings. The highest BCUT2D eigenvalue weighted by atomic mass is 32.2. The second kappa shape index (κ2) is 7.60. The van der Waals surface area contributed by atoms with Crippen LogP contribution < -0.4 is 0 Å². The molecule has 0 unspecified atom stereocenters. The average molecular weight is 347 g/mol. The van der Waals surface area contributed by atoms with Gasteiger partial charge in [-0.05, 0) is 49.6 Å². The summed E-state index contributed by atoms with van der Waals surface area (Å²) in [5.74, 6) is 0.0464. The summed E-state index contributed by atoms with van der Waals surface area (Å²) in [7, 11) is 0. The third-order valence-corrected chi connectivity index (χ3v) is 5.73. The standard InChI is InChI=1S/C18H22N2OS2/c1-2-14-6-8-15(9-7-14)12-16-17(21)20(18(22)23-16)13-19-10-4-3-5-11-19/h6-9,12H,2-5,10-11,13H2,1H3/b16-12-. The van der Waals surface area contributed by atoms with Crippen molar-refractivity contribution in [3.8, 4) is 0 Å². The maximum absolute atomic E-state index is 12.6. The van der Waals surface area contributed by atoms with Crippen molar-refractivity contribution in [2.24, 2.45) is 0 Å². The van der Waals surface area contributed by atoms with Gasteiger partial charge in [-0.15, -0.1) is 0 Å². The van der Waals surface area contributed by atoms with E-state index in [1.165, 1.54) is 36.6 Å². The van der Waals surface area contributed by atoms with Gasteiger partial charge in [-0.3, -0.25) is 14.6 Å². The molecule has 3 rings (SSSR count). The summed E-state index contributed by atoms with van der Waals surface area (Å²) in [5, 5.41) is 0. The van der Waals surface area contributed by atoms with Crippen molar-refractivity contribution >= 4 is 40.3 Å². The van der Waals surface area contributed by atoms with Gasteiger partial charge in [-0.2, -0.15) is 0 Å². The molecule has 2 aliphatic heterocycles. The Bertz CT molecular complexity index is 618. The molecule has 1 aromatic rings. The molecule has 1 amide bonds. The van der Waals surface area contributed by atoms with E-state index in [4.69, 9.17) is 12.2 Å². The molecule has 122 valence electrons. The lowest BCUT2D eigenvalue weighted by molar-refractivity contribution is -0.123. The molecular formula is C18H22N2OS2. The van der Waals surface area contributed by atoms with Gasteiger partial charge in [0.05, 0.1) is 11.6 Å². The first-order chi connectivity index (χ1) is 11.2. The van der Waals surface area contributed by atoms with Crippen molar-refractivity contribution in [3.05, 3.63) is 40.3 Å². The summed E-state index contributed by atoms with van der Waals surface area (Å²) >= 11 is 6.84. The number of hydrogen-bond donors (Lipinski definition) is 0. The van der Waals surface area contributed by atoms with Gasteiger partial charge < -0.3 is 0 Å². The van der Waals surface area contributed by atoms with Crippen LogP contribution in [0.25, 0.3) is 6.08 Å². The Hall–Kier alpha value is -1.17. The number of amides is 1.